The molecule has 0 amide bonds. The summed E-state index contributed by atoms with van der Waals surface area (Å²) in [5.74, 6) is 0. The fourth-order valence-corrected chi connectivity index (χ4v) is 1.09. The molecule has 0 fully saturated rings. The number of aryl methyl sites for hydroxylation is 1. The van der Waals surface area contributed by atoms with E-state index in [9.17, 15) is 0 Å². The number of imidazole rings is 1. The van der Waals surface area contributed by atoms with Crippen molar-refractivity contribution in [2.75, 3.05) is 0 Å². The zero-order chi connectivity index (χ0) is 8.39. The molecule has 2 aromatic rings. The van der Waals surface area contributed by atoms with Crippen LogP contribution in [0.15, 0.2) is 31.4 Å². The fourth-order valence-electron chi connectivity index (χ4n) is 1.09. The first-order chi connectivity index (χ1) is 5.84. The van der Waals surface area contributed by atoms with Crippen molar-refractivity contribution in [2.24, 2.45) is 7.05 Å². The van der Waals surface area contributed by atoms with E-state index in [-0.39, 0.29) is 0 Å². The zero-order valence-electron chi connectivity index (χ0n) is 6.88. The largest absolute Gasteiger partial charge is 0.310 e. The van der Waals surface area contributed by atoms with Gasteiger partial charge in [-0.2, -0.15) is 9.67 Å². The Hall–Kier alpha value is -1.65. The first-order valence-electron chi connectivity index (χ1n) is 3.73. The lowest BCUT2D eigenvalue weighted by Crippen LogP contribution is -2.38. The summed E-state index contributed by atoms with van der Waals surface area (Å²) in [6, 6.07) is 0. The molecule has 5 nitrogen and oxygen atoms in total. The van der Waals surface area contributed by atoms with Crippen LogP contribution in [0.3, 0.4) is 0 Å². The molecule has 0 aliphatic heterocycles. The van der Waals surface area contributed by atoms with Crippen LogP contribution in [-0.2, 0) is 13.7 Å². The van der Waals surface area contributed by atoms with Gasteiger partial charge in [-0.05, 0) is 4.98 Å². The number of nitrogens with one attached hydrogen (secondary N) is 1. The predicted molar refractivity (Wildman–Crippen MR) is 39.8 cm³/mol. The van der Waals surface area contributed by atoms with Crippen molar-refractivity contribution in [3.8, 4) is 0 Å². The second-order valence-corrected chi connectivity index (χ2v) is 2.73. The monoisotopic (exact) mass is 165 g/mol. The third-order valence-electron chi connectivity index (χ3n) is 1.64. The zero-order valence-corrected chi connectivity index (χ0v) is 6.88. The van der Waals surface area contributed by atoms with Gasteiger partial charge in [-0.15, -0.1) is 4.68 Å². The van der Waals surface area contributed by atoms with Gasteiger partial charge in [0.25, 0.3) is 6.67 Å². The van der Waals surface area contributed by atoms with Gasteiger partial charge in [0, 0.05) is 0 Å². The predicted octanol–water partition coefficient (Wildman–Crippen LogP) is -1.17. The Kier molecular flexibility index (Phi) is 1.62. The van der Waals surface area contributed by atoms with Crippen LogP contribution >= 0.6 is 0 Å². The number of nitrogens with zero attached hydrogens (tertiary/aromatic N) is 4. The Balaban J connectivity index is 2.14. The SMILES string of the molecule is C[n+]1ccn(C[n+]2cnc[nH]2)c1. The van der Waals surface area contributed by atoms with Crippen molar-refractivity contribution < 1.29 is 9.25 Å². The summed E-state index contributed by atoms with van der Waals surface area (Å²) in [6.07, 6.45) is 9.42. The minimum Gasteiger partial charge on any atom is -0.239 e. The molecule has 0 radical (unpaired) electrons. The van der Waals surface area contributed by atoms with Gasteiger partial charge < -0.3 is 0 Å². The molecule has 0 aliphatic carbocycles. The van der Waals surface area contributed by atoms with Crippen LogP contribution in [0.25, 0.3) is 0 Å². The Morgan fingerprint density at radius 1 is 1.58 bits per heavy atom. The normalized spacial score (nSPS) is 10.4. The standard InChI is InChI=1S/C7H10N5/c1-10-2-3-11(6-10)7-12-5-8-4-9-12/h2-6H,7H2,1H3/q+1/p+1. The molecule has 0 saturated carbocycles. The molecule has 0 aromatic carbocycles. The average molecular weight is 165 g/mol. The second kappa shape index (κ2) is 2.77. The smallest absolute Gasteiger partial charge is 0.239 e. The molecule has 0 bridgehead atoms. The van der Waals surface area contributed by atoms with Crippen LogP contribution in [0.1, 0.15) is 0 Å². The number of rotatable bonds is 2. The van der Waals surface area contributed by atoms with Crippen molar-refractivity contribution in [1.82, 2.24) is 14.6 Å². The van der Waals surface area contributed by atoms with Crippen molar-refractivity contribution in [2.45, 2.75) is 6.67 Å². The molecule has 0 saturated heterocycles. The van der Waals surface area contributed by atoms with Crippen molar-refractivity contribution in [3.63, 3.8) is 0 Å². The second-order valence-electron chi connectivity index (χ2n) is 2.73. The number of hydrogen-bond acceptors (Lipinski definition) is 1. The summed E-state index contributed by atoms with van der Waals surface area (Å²) in [5, 5.41) is 2.97. The van der Waals surface area contributed by atoms with Crippen LogP contribution in [0.5, 0.6) is 0 Å². The molecule has 1 N–H and O–H groups in total. The summed E-state index contributed by atoms with van der Waals surface area (Å²) in [7, 11) is 1.99. The van der Waals surface area contributed by atoms with Gasteiger partial charge in [0.15, 0.2) is 0 Å². The summed E-state index contributed by atoms with van der Waals surface area (Å²) >= 11 is 0. The van der Waals surface area contributed by atoms with E-state index in [1.165, 1.54) is 0 Å². The molecule has 62 valence electrons. The Bertz CT molecular complexity index is 348. The highest BCUT2D eigenvalue weighted by molar-refractivity contribution is 4.62. The summed E-state index contributed by atoms with van der Waals surface area (Å²) < 4.78 is 5.94. The first kappa shape index (κ1) is 7.02. The maximum atomic E-state index is 3.91. The minimum absolute atomic E-state index is 0.765. The first-order valence-corrected chi connectivity index (χ1v) is 3.73. The van der Waals surface area contributed by atoms with Crippen molar-refractivity contribution >= 4 is 0 Å². The van der Waals surface area contributed by atoms with E-state index in [1.54, 1.807) is 12.7 Å². The molecule has 0 unspecified atom stereocenters. The number of H-pyrrole nitrogens is 1. The lowest BCUT2D eigenvalue weighted by molar-refractivity contribution is -0.757. The maximum Gasteiger partial charge on any atom is 0.310 e. The van der Waals surface area contributed by atoms with Gasteiger partial charge >= 0.3 is 6.33 Å². The van der Waals surface area contributed by atoms with Gasteiger partial charge in [0.05, 0.1) is 7.05 Å². The Labute approximate surface area is 69.9 Å². The van der Waals surface area contributed by atoms with E-state index in [2.05, 4.69) is 14.6 Å². The van der Waals surface area contributed by atoms with Gasteiger partial charge in [0.1, 0.15) is 12.4 Å². The third kappa shape index (κ3) is 1.34. The van der Waals surface area contributed by atoms with Crippen LogP contribution < -0.4 is 9.25 Å². The van der Waals surface area contributed by atoms with E-state index in [4.69, 9.17) is 0 Å². The highest BCUT2D eigenvalue weighted by atomic mass is 15.4. The average Bonchev–Trinajstić information content (AvgIpc) is 2.63. The van der Waals surface area contributed by atoms with Crippen molar-refractivity contribution in [3.05, 3.63) is 31.4 Å². The van der Waals surface area contributed by atoms with E-state index in [0.29, 0.717) is 0 Å². The molecule has 2 aromatic heterocycles. The third-order valence-corrected chi connectivity index (χ3v) is 1.64. The maximum absolute atomic E-state index is 3.91. The van der Waals surface area contributed by atoms with E-state index in [1.807, 2.05) is 35.0 Å². The molecular weight excluding hydrogens is 154 g/mol. The lowest BCUT2D eigenvalue weighted by Gasteiger charge is -1.88. The van der Waals surface area contributed by atoms with Crippen LogP contribution in [0.4, 0.5) is 0 Å². The lowest BCUT2D eigenvalue weighted by atomic mass is 10.8. The molecule has 2 heterocycles. The quantitative estimate of drug-likeness (QED) is 0.560. The molecule has 0 aliphatic rings. The summed E-state index contributed by atoms with van der Waals surface area (Å²) in [4.78, 5) is 3.91. The van der Waals surface area contributed by atoms with E-state index in [0.717, 1.165) is 6.67 Å². The summed E-state index contributed by atoms with van der Waals surface area (Å²) in [6.45, 7) is 0.765. The molecule has 12 heavy (non-hydrogen) atoms. The molecule has 2 rings (SSSR count). The number of hydrogen-bond donors (Lipinski definition) is 1. The fraction of sp³-hybridized carbons (Fsp3) is 0.286. The van der Waals surface area contributed by atoms with Gasteiger partial charge in [-0.1, -0.05) is 0 Å². The van der Waals surface area contributed by atoms with Gasteiger partial charge in [0.2, 0.25) is 12.7 Å². The van der Waals surface area contributed by atoms with Crippen LogP contribution in [0, 0.1) is 0 Å². The minimum atomic E-state index is 0.765. The topological polar surface area (TPSA) is 41.4 Å². The molecular formula is C7H11N5+2. The van der Waals surface area contributed by atoms with E-state index >= 15 is 0 Å². The van der Waals surface area contributed by atoms with Crippen LogP contribution in [0.2, 0.25) is 0 Å². The van der Waals surface area contributed by atoms with Gasteiger partial charge in [-0.25, -0.2) is 4.57 Å². The Morgan fingerprint density at radius 2 is 2.50 bits per heavy atom. The van der Waals surface area contributed by atoms with E-state index < -0.39 is 0 Å². The number of aromatic amines is 1. The molecule has 5 heteroatoms. The number of aromatic nitrogens is 5. The highest BCUT2D eigenvalue weighted by Crippen LogP contribution is 1.78. The highest BCUT2D eigenvalue weighted by Gasteiger charge is 2.04. The summed E-state index contributed by atoms with van der Waals surface area (Å²) in [5.41, 5.74) is 0. The molecule has 0 atom stereocenters. The van der Waals surface area contributed by atoms with Crippen molar-refractivity contribution in [1.29, 1.82) is 0 Å². The molecule has 0 spiro atoms. The Morgan fingerprint density at radius 3 is 3.08 bits per heavy atom. The van der Waals surface area contributed by atoms with Gasteiger partial charge in [-0.3, -0.25) is 0 Å². The van der Waals surface area contributed by atoms with Crippen LogP contribution in [-0.4, -0.2) is 14.6 Å².